The third kappa shape index (κ3) is 3.98. The number of carbonyl (C=O) groups is 2. The van der Waals surface area contributed by atoms with Crippen LogP contribution in [0.25, 0.3) is 0 Å². The van der Waals surface area contributed by atoms with Gasteiger partial charge in [-0.15, -0.1) is 0 Å². The Hall–Kier alpha value is -2.04. The Morgan fingerprint density at radius 3 is 2.75 bits per heavy atom. The Kier molecular flexibility index (Phi) is 4.98. The largest absolute Gasteiger partial charge is 0.497 e. The summed E-state index contributed by atoms with van der Waals surface area (Å²) in [7, 11) is 1.55. The molecule has 5 heteroatoms. The number of benzene rings is 1. The van der Waals surface area contributed by atoms with Gasteiger partial charge in [0.05, 0.1) is 13.7 Å². The maximum Gasteiger partial charge on any atom is 0.251 e. The molecule has 2 N–H and O–H groups in total. The van der Waals surface area contributed by atoms with Gasteiger partial charge in [-0.3, -0.25) is 9.59 Å². The number of hydrogen-bond acceptors (Lipinski definition) is 3. The van der Waals surface area contributed by atoms with Crippen LogP contribution in [0.1, 0.15) is 36.0 Å². The van der Waals surface area contributed by atoms with Crippen LogP contribution in [0.4, 0.5) is 0 Å². The van der Waals surface area contributed by atoms with Crippen LogP contribution in [-0.2, 0) is 4.79 Å². The van der Waals surface area contributed by atoms with E-state index >= 15 is 0 Å². The van der Waals surface area contributed by atoms with Gasteiger partial charge in [0.1, 0.15) is 5.75 Å². The zero-order valence-electron chi connectivity index (χ0n) is 11.6. The van der Waals surface area contributed by atoms with Crippen LogP contribution in [0.5, 0.6) is 5.75 Å². The molecular weight excluding hydrogens is 256 g/mol. The molecule has 5 nitrogen and oxygen atoms in total. The highest BCUT2D eigenvalue weighted by atomic mass is 16.5. The highest BCUT2D eigenvalue weighted by Gasteiger charge is 2.17. The first-order chi connectivity index (χ1) is 9.69. The van der Waals surface area contributed by atoms with Crippen molar-refractivity contribution >= 4 is 11.8 Å². The quantitative estimate of drug-likeness (QED) is 0.856. The Labute approximate surface area is 118 Å². The third-order valence-electron chi connectivity index (χ3n) is 3.46. The van der Waals surface area contributed by atoms with Crippen molar-refractivity contribution in [1.29, 1.82) is 0 Å². The molecule has 0 aliphatic heterocycles. The Morgan fingerprint density at radius 2 is 2.05 bits per heavy atom. The highest BCUT2D eigenvalue weighted by molar-refractivity contribution is 5.96. The molecule has 1 saturated carbocycles. The number of rotatable bonds is 5. The standard InChI is InChI=1S/C15H20N2O3/c1-20-13-8-4-5-11(9-13)15(19)16-10-14(18)17-12-6-2-3-7-12/h4-5,8-9,12H,2-3,6-7,10H2,1H3,(H,16,19)(H,17,18). The second-order valence-electron chi connectivity index (χ2n) is 4.96. The first-order valence-corrected chi connectivity index (χ1v) is 6.90. The van der Waals surface area contributed by atoms with E-state index in [-0.39, 0.29) is 24.4 Å². The minimum absolute atomic E-state index is 0.00649. The maximum atomic E-state index is 11.9. The average molecular weight is 276 g/mol. The average Bonchev–Trinajstić information content (AvgIpc) is 2.97. The lowest BCUT2D eigenvalue weighted by Crippen LogP contribution is -2.40. The van der Waals surface area contributed by atoms with Gasteiger partial charge in [-0.1, -0.05) is 18.9 Å². The summed E-state index contributed by atoms with van der Waals surface area (Å²) in [6.45, 7) is 0.00649. The van der Waals surface area contributed by atoms with Crippen molar-refractivity contribution in [2.75, 3.05) is 13.7 Å². The fraction of sp³-hybridized carbons (Fsp3) is 0.467. The second kappa shape index (κ2) is 6.93. The summed E-state index contributed by atoms with van der Waals surface area (Å²) < 4.78 is 5.06. The summed E-state index contributed by atoms with van der Waals surface area (Å²) in [4.78, 5) is 23.6. The molecule has 108 valence electrons. The van der Waals surface area contributed by atoms with Crippen molar-refractivity contribution in [1.82, 2.24) is 10.6 Å². The molecule has 0 atom stereocenters. The molecule has 20 heavy (non-hydrogen) atoms. The van der Waals surface area contributed by atoms with Crippen molar-refractivity contribution in [2.24, 2.45) is 0 Å². The Bertz CT molecular complexity index is 482. The third-order valence-corrected chi connectivity index (χ3v) is 3.46. The lowest BCUT2D eigenvalue weighted by molar-refractivity contribution is -0.120. The van der Waals surface area contributed by atoms with Gasteiger partial charge >= 0.3 is 0 Å². The maximum absolute atomic E-state index is 11.9. The van der Waals surface area contributed by atoms with Gasteiger partial charge in [-0.2, -0.15) is 0 Å². The molecule has 2 amide bonds. The highest BCUT2D eigenvalue weighted by Crippen LogP contribution is 2.17. The van der Waals surface area contributed by atoms with Gasteiger partial charge in [0.25, 0.3) is 5.91 Å². The second-order valence-corrected chi connectivity index (χ2v) is 4.96. The predicted molar refractivity (Wildman–Crippen MR) is 75.7 cm³/mol. The lowest BCUT2D eigenvalue weighted by Gasteiger charge is -2.12. The van der Waals surface area contributed by atoms with Crippen LogP contribution in [-0.4, -0.2) is 31.5 Å². The molecule has 2 rings (SSSR count). The van der Waals surface area contributed by atoms with Crippen molar-refractivity contribution in [3.05, 3.63) is 29.8 Å². The number of carbonyl (C=O) groups excluding carboxylic acids is 2. The van der Waals surface area contributed by atoms with Gasteiger partial charge in [-0.05, 0) is 31.0 Å². The number of ether oxygens (including phenoxy) is 1. The first kappa shape index (κ1) is 14.4. The van der Waals surface area contributed by atoms with Crippen LogP contribution >= 0.6 is 0 Å². The van der Waals surface area contributed by atoms with Crippen LogP contribution in [0.3, 0.4) is 0 Å². The summed E-state index contributed by atoms with van der Waals surface area (Å²) in [6, 6.07) is 7.11. The topological polar surface area (TPSA) is 67.4 Å². The first-order valence-electron chi connectivity index (χ1n) is 6.90. The van der Waals surface area contributed by atoms with Gasteiger partial charge < -0.3 is 15.4 Å². The molecular formula is C15H20N2O3. The summed E-state index contributed by atoms with van der Waals surface area (Å²) in [5.74, 6) is 0.215. The summed E-state index contributed by atoms with van der Waals surface area (Å²) >= 11 is 0. The smallest absolute Gasteiger partial charge is 0.251 e. The summed E-state index contributed by atoms with van der Waals surface area (Å²) in [5.41, 5.74) is 0.484. The molecule has 1 aliphatic carbocycles. The number of hydrogen-bond donors (Lipinski definition) is 2. The molecule has 1 fully saturated rings. The number of methoxy groups -OCH3 is 1. The minimum Gasteiger partial charge on any atom is -0.497 e. The van der Waals surface area contributed by atoms with Crippen LogP contribution in [0.15, 0.2) is 24.3 Å². The van der Waals surface area contributed by atoms with E-state index in [2.05, 4.69) is 10.6 Å². The van der Waals surface area contributed by atoms with Gasteiger partial charge in [0.15, 0.2) is 0 Å². The molecule has 0 spiro atoms. The molecule has 1 aromatic rings. The van der Waals surface area contributed by atoms with E-state index in [0.29, 0.717) is 11.3 Å². The van der Waals surface area contributed by atoms with Crippen LogP contribution in [0, 0.1) is 0 Å². The van der Waals surface area contributed by atoms with Crippen LogP contribution in [0.2, 0.25) is 0 Å². The van der Waals surface area contributed by atoms with E-state index in [4.69, 9.17) is 4.74 Å². The molecule has 1 aromatic carbocycles. The van der Waals surface area contributed by atoms with E-state index < -0.39 is 0 Å². The number of amides is 2. The fourth-order valence-corrected chi connectivity index (χ4v) is 2.38. The molecule has 0 unspecified atom stereocenters. The van der Waals surface area contributed by atoms with E-state index in [1.165, 1.54) is 12.8 Å². The molecule has 0 radical (unpaired) electrons. The molecule has 0 heterocycles. The molecule has 1 aliphatic rings. The monoisotopic (exact) mass is 276 g/mol. The Balaban J connectivity index is 1.80. The van der Waals surface area contributed by atoms with Crippen molar-refractivity contribution in [3.8, 4) is 5.75 Å². The zero-order chi connectivity index (χ0) is 14.4. The molecule has 0 saturated heterocycles. The molecule has 0 aromatic heterocycles. The number of nitrogens with one attached hydrogen (secondary N) is 2. The minimum atomic E-state index is -0.273. The van der Waals surface area contributed by atoms with E-state index in [9.17, 15) is 9.59 Å². The van der Waals surface area contributed by atoms with Crippen LogP contribution < -0.4 is 15.4 Å². The summed E-state index contributed by atoms with van der Waals surface area (Å²) in [6.07, 6.45) is 4.41. The SMILES string of the molecule is COc1cccc(C(=O)NCC(=O)NC2CCCC2)c1. The van der Waals surface area contributed by atoms with E-state index in [0.717, 1.165) is 12.8 Å². The zero-order valence-corrected chi connectivity index (χ0v) is 11.6. The molecule has 0 bridgehead atoms. The van der Waals surface area contributed by atoms with Gasteiger partial charge in [0, 0.05) is 11.6 Å². The normalized spacial score (nSPS) is 14.8. The van der Waals surface area contributed by atoms with E-state index in [1.807, 2.05) is 0 Å². The van der Waals surface area contributed by atoms with Crippen molar-refractivity contribution < 1.29 is 14.3 Å². The summed E-state index contributed by atoms with van der Waals surface area (Å²) in [5, 5.41) is 5.55. The van der Waals surface area contributed by atoms with Crippen molar-refractivity contribution in [2.45, 2.75) is 31.7 Å². The Morgan fingerprint density at radius 1 is 1.30 bits per heavy atom. The van der Waals surface area contributed by atoms with Crippen molar-refractivity contribution in [3.63, 3.8) is 0 Å². The van der Waals surface area contributed by atoms with Gasteiger partial charge in [-0.25, -0.2) is 0 Å². The van der Waals surface area contributed by atoms with E-state index in [1.54, 1.807) is 31.4 Å². The van der Waals surface area contributed by atoms with Gasteiger partial charge in [0.2, 0.25) is 5.91 Å². The predicted octanol–water partition coefficient (Wildman–Crippen LogP) is 1.48. The fourth-order valence-electron chi connectivity index (χ4n) is 2.38. The lowest BCUT2D eigenvalue weighted by atomic mass is 10.2.